The summed E-state index contributed by atoms with van der Waals surface area (Å²) in [7, 11) is 0. The summed E-state index contributed by atoms with van der Waals surface area (Å²) >= 11 is 7.32. The van der Waals surface area contributed by atoms with E-state index in [2.05, 4.69) is 10.3 Å². The Morgan fingerprint density at radius 3 is 2.57 bits per heavy atom. The third-order valence-electron chi connectivity index (χ3n) is 2.68. The van der Waals surface area contributed by atoms with Crippen LogP contribution >= 0.6 is 23.4 Å². The van der Waals surface area contributed by atoms with Crippen molar-refractivity contribution in [2.24, 2.45) is 4.99 Å². The molecule has 1 N–H and O–H groups in total. The molecule has 21 heavy (non-hydrogen) atoms. The van der Waals surface area contributed by atoms with Crippen LogP contribution in [-0.2, 0) is 5.41 Å². The Hall–Kier alpha value is -1.78. The van der Waals surface area contributed by atoms with Gasteiger partial charge in [-0.2, -0.15) is 5.26 Å². The molecular formula is C13H15ClN4O2S. The van der Waals surface area contributed by atoms with E-state index in [4.69, 9.17) is 16.9 Å². The molecule has 0 fully saturated rings. The Morgan fingerprint density at radius 1 is 1.52 bits per heavy atom. The van der Waals surface area contributed by atoms with Crippen LogP contribution in [-0.4, -0.2) is 16.3 Å². The highest BCUT2D eigenvalue weighted by Gasteiger charge is 2.24. The molecule has 0 aromatic heterocycles. The maximum absolute atomic E-state index is 11.3. The number of hydrogen-bond acceptors (Lipinski definition) is 5. The predicted octanol–water partition coefficient (Wildman–Crippen LogP) is 3.97. The van der Waals surface area contributed by atoms with Gasteiger partial charge in [0.25, 0.3) is 5.69 Å². The Balaban J connectivity index is 3.53. The summed E-state index contributed by atoms with van der Waals surface area (Å²) in [6.45, 7) is 5.82. The van der Waals surface area contributed by atoms with Crippen molar-refractivity contribution in [3.8, 4) is 6.19 Å². The van der Waals surface area contributed by atoms with Crippen LogP contribution in [0, 0.1) is 21.6 Å². The number of nitriles is 1. The molecule has 1 aromatic rings. The Labute approximate surface area is 132 Å². The van der Waals surface area contributed by atoms with Gasteiger partial charge in [-0.05, 0) is 23.3 Å². The van der Waals surface area contributed by atoms with Gasteiger partial charge in [0.2, 0.25) is 0 Å². The van der Waals surface area contributed by atoms with E-state index in [0.717, 1.165) is 17.3 Å². The van der Waals surface area contributed by atoms with E-state index in [0.29, 0.717) is 0 Å². The van der Waals surface area contributed by atoms with Gasteiger partial charge in [-0.25, -0.2) is 4.99 Å². The molecule has 0 amide bonds. The lowest BCUT2D eigenvalue weighted by Crippen LogP contribution is -2.13. The highest BCUT2D eigenvalue weighted by Crippen LogP contribution is 2.39. The van der Waals surface area contributed by atoms with E-state index in [9.17, 15) is 10.1 Å². The van der Waals surface area contributed by atoms with E-state index in [-0.39, 0.29) is 27.0 Å². The van der Waals surface area contributed by atoms with E-state index >= 15 is 0 Å². The van der Waals surface area contributed by atoms with Crippen LogP contribution in [0.15, 0.2) is 17.1 Å². The summed E-state index contributed by atoms with van der Waals surface area (Å²) in [5.41, 5.74) is 0.335. The Bertz CT molecular complexity index is 632. The van der Waals surface area contributed by atoms with Gasteiger partial charge in [-0.15, -0.1) is 0 Å². The number of thioether (sulfide) groups is 1. The first-order valence-electron chi connectivity index (χ1n) is 5.97. The van der Waals surface area contributed by atoms with Crippen molar-refractivity contribution < 1.29 is 4.92 Å². The summed E-state index contributed by atoms with van der Waals surface area (Å²) in [5, 5.41) is 22.7. The summed E-state index contributed by atoms with van der Waals surface area (Å²) in [5.74, 6) is 0. The second-order valence-corrected chi connectivity index (χ2v) is 6.39. The highest BCUT2D eigenvalue weighted by molar-refractivity contribution is 8.13. The second-order valence-electron chi connectivity index (χ2n) is 5.19. The number of halogens is 1. The monoisotopic (exact) mass is 326 g/mol. The quantitative estimate of drug-likeness (QED) is 0.222. The van der Waals surface area contributed by atoms with Crippen molar-refractivity contribution in [1.29, 1.82) is 5.26 Å². The molecule has 0 saturated carbocycles. The second kappa shape index (κ2) is 6.78. The molecule has 0 unspecified atom stereocenters. The third-order valence-corrected chi connectivity index (χ3v) is 3.54. The zero-order valence-electron chi connectivity index (χ0n) is 12.1. The minimum Gasteiger partial charge on any atom is -0.271 e. The van der Waals surface area contributed by atoms with Gasteiger partial charge >= 0.3 is 0 Å². The first-order chi connectivity index (χ1) is 9.70. The third kappa shape index (κ3) is 4.34. The van der Waals surface area contributed by atoms with E-state index < -0.39 is 4.92 Å². The van der Waals surface area contributed by atoms with Gasteiger partial charge in [-0.3, -0.25) is 15.4 Å². The molecule has 0 aliphatic heterocycles. The van der Waals surface area contributed by atoms with Crippen molar-refractivity contribution in [2.45, 2.75) is 26.2 Å². The lowest BCUT2D eigenvalue weighted by atomic mass is 9.86. The highest BCUT2D eigenvalue weighted by atomic mass is 35.5. The van der Waals surface area contributed by atoms with Gasteiger partial charge < -0.3 is 0 Å². The van der Waals surface area contributed by atoms with Gasteiger partial charge in [0.05, 0.1) is 9.95 Å². The molecule has 8 heteroatoms. The summed E-state index contributed by atoms with van der Waals surface area (Å²) in [6.07, 6.45) is 3.43. The molecule has 0 atom stereocenters. The molecule has 0 aliphatic carbocycles. The van der Waals surface area contributed by atoms with Crippen molar-refractivity contribution in [3.63, 3.8) is 0 Å². The van der Waals surface area contributed by atoms with Gasteiger partial charge in [0.15, 0.2) is 17.0 Å². The smallest absolute Gasteiger partial charge is 0.271 e. The lowest BCUT2D eigenvalue weighted by Gasteiger charge is -2.19. The van der Waals surface area contributed by atoms with E-state index in [1.54, 1.807) is 18.5 Å². The Morgan fingerprint density at radius 2 is 2.14 bits per heavy atom. The number of nitrogens with one attached hydrogen (secondary N) is 1. The van der Waals surface area contributed by atoms with Crippen molar-refractivity contribution in [2.75, 3.05) is 6.26 Å². The van der Waals surface area contributed by atoms with Crippen molar-refractivity contribution >= 4 is 39.9 Å². The first kappa shape index (κ1) is 17.3. The number of nitro groups is 1. The molecule has 112 valence electrons. The fourth-order valence-electron chi connectivity index (χ4n) is 1.54. The average molecular weight is 327 g/mol. The molecule has 1 aromatic carbocycles. The fourth-order valence-corrected chi connectivity index (χ4v) is 2.13. The maximum atomic E-state index is 11.3. The van der Waals surface area contributed by atoms with Crippen LogP contribution in [0.3, 0.4) is 0 Å². The summed E-state index contributed by atoms with van der Waals surface area (Å²) in [4.78, 5) is 14.8. The van der Waals surface area contributed by atoms with Gasteiger partial charge in [-0.1, -0.05) is 44.1 Å². The topological polar surface area (TPSA) is 91.3 Å². The van der Waals surface area contributed by atoms with Crippen LogP contribution in [0.5, 0.6) is 0 Å². The van der Waals surface area contributed by atoms with Crippen LogP contribution in [0.4, 0.5) is 11.4 Å². The van der Waals surface area contributed by atoms with E-state index in [1.165, 1.54) is 6.07 Å². The molecule has 6 nitrogen and oxygen atoms in total. The number of aliphatic imine (C=N–C) groups is 1. The minimum absolute atomic E-state index is 0.0433. The normalized spacial score (nSPS) is 11.9. The van der Waals surface area contributed by atoms with Crippen molar-refractivity contribution in [3.05, 3.63) is 32.8 Å². The van der Waals surface area contributed by atoms with Crippen LogP contribution < -0.4 is 5.32 Å². The number of nitro benzene ring substituents is 1. The molecule has 0 radical (unpaired) electrons. The van der Waals surface area contributed by atoms with Crippen molar-refractivity contribution in [1.82, 2.24) is 5.32 Å². The minimum atomic E-state index is -0.524. The molecule has 0 bridgehead atoms. The maximum Gasteiger partial charge on any atom is 0.296 e. The molecule has 0 saturated heterocycles. The zero-order valence-corrected chi connectivity index (χ0v) is 13.7. The molecule has 0 aliphatic rings. The zero-order chi connectivity index (χ0) is 16.2. The van der Waals surface area contributed by atoms with Crippen LogP contribution in [0.25, 0.3) is 0 Å². The molecule has 0 spiro atoms. The van der Waals surface area contributed by atoms with Crippen LogP contribution in [0.1, 0.15) is 26.3 Å². The standard InChI is InChI=1S/C13H15ClN4O2S/c1-13(2,3)8-5-9(14)11(10(6-8)18(19)20)17-12(21-4)16-7-15/h5-6H,1-4H3,(H,16,17). The molecule has 1 rings (SSSR count). The largest absolute Gasteiger partial charge is 0.296 e. The predicted molar refractivity (Wildman–Crippen MR) is 86.2 cm³/mol. The van der Waals surface area contributed by atoms with Gasteiger partial charge in [0, 0.05) is 6.07 Å². The number of rotatable bonds is 2. The Kier molecular flexibility index (Phi) is 5.58. The first-order valence-corrected chi connectivity index (χ1v) is 7.57. The molecule has 0 heterocycles. The number of nitrogens with zero attached hydrogens (tertiary/aromatic N) is 3. The number of amidine groups is 1. The summed E-state index contributed by atoms with van der Waals surface area (Å²) < 4.78 is 0. The summed E-state index contributed by atoms with van der Waals surface area (Å²) in [6, 6.07) is 3.13. The fraction of sp³-hybridized carbons (Fsp3) is 0.385. The number of hydrogen-bond donors (Lipinski definition) is 1. The lowest BCUT2D eigenvalue weighted by molar-refractivity contribution is -0.384. The molecular weight excluding hydrogens is 312 g/mol. The van der Waals surface area contributed by atoms with Crippen LogP contribution in [0.2, 0.25) is 5.02 Å². The average Bonchev–Trinajstić information content (AvgIpc) is 2.38. The number of benzene rings is 1. The SMILES string of the molecule is CSC(=Nc1c(Cl)cc(C(C)(C)C)cc1[N+](=O)[O-])NC#N. The van der Waals surface area contributed by atoms with Gasteiger partial charge in [0.1, 0.15) is 0 Å². The van der Waals surface area contributed by atoms with E-state index in [1.807, 2.05) is 20.8 Å².